The smallest absolute Gasteiger partial charge is 0.427 e. The van der Waals surface area contributed by atoms with Gasteiger partial charge in [-0.05, 0) is 0 Å². The molecular formula is H2I3O10Ru. The van der Waals surface area contributed by atoms with Gasteiger partial charge in [-0.2, -0.15) is 0 Å². The minimum absolute atomic E-state index is 0. The van der Waals surface area contributed by atoms with Crippen molar-refractivity contribution in [3.05, 3.63) is 0 Å². The van der Waals surface area contributed by atoms with Crippen LogP contribution in [0.1, 0.15) is 0 Å². The van der Waals surface area contributed by atoms with Crippen LogP contribution in [0.5, 0.6) is 0 Å². The van der Waals surface area contributed by atoms with Crippen molar-refractivity contribution >= 4 is 0 Å². The second kappa shape index (κ2) is 24.6. The molecular weight excluding hydrogens is 642 g/mol. The first-order valence-electron chi connectivity index (χ1n) is 1.39. The molecule has 0 fully saturated rings. The maximum Gasteiger partial charge on any atom is 3.00 e. The van der Waals surface area contributed by atoms with Crippen molar-refractivity contribution in [2.75, 3.05) is 0 Å². The molecule has 0 spiro atoms. The van der Waals surface area contributed by atoms with Crippen LogP contribution in [0, 0.1) is 0 Å². The van der Waals surface area contributed by atoms with Crippen molar-refractivity contribution < 1.29 is 119 Å². The Hall–Kier alpha value is 2.41. The van der Waals surface area contributed by atoms with Gasteiger partial charge in [0.15, 0.2) is 0 Å². The Balaban J connectivity index is -0.0000000270. The first-order chi connectivity index (χ1) is 5.20. The van der Waals surface area contributed by atoms with E-state index in [-0.39, 0.29) is 25.0 Å². The van der Waals surface area contributed by atoms with Crippen LogP contribution in [0.4, 0.5) is 0 Å². The van der Waals surface area contributed by atoms with Gasteiger partial charge in [-0.3, -0.25) is 0 Å². The predicted molar refractivity (Wildman–Crippen MR) is 3.61 cm³/mol. The Kier molecular flexibility index (Phi) is 52.6. The molecule has 1 radical (unpaired) electrons. The van der Waals surface area contributed by atoms with Gasteiger partial charge in [0.2, 0.25) is 0 Å². The van der Waals surface area contributed by atoms with Gasteiger partial charge in [0.05, 0.1) is 0 Å². The number of rotatable bonds is 0. The van der Waals surface area contributed by atoms with E-state index in [0.717, 1.165) is 0 Å². The molecule has 0 aromatic rings. The molecule has 10 nitrogen and oxygen atoms in total. The van der Waals surface area contributed by atoms with Crippen molar-refractivity contribution in [2.24, 2.45) is 0 Å². The summed E-state index contributed by atoms with van der Waals surface area (Å²) in [7, 11) is 0. The van der Waals surface area contributed by atoms with Gasteiger partial charge in [-0.15, -0.1) is 0 Å². The number of halogens is 3. The monoisotopic (exact) mass is 645 g/mol. The second-order valence-corrected chi connectivity index (χ2v) is 3.80. The molecule has 0 aromatic heterocycles. The molecule has 0 aliphatic carbocycles. The fourth-order valence-electron chi connectivity index (χ4n) is 0. The molecule has 0 atom stereocenters. The molecule has 0 amide bonds. The third kappa shape index (κ3) is 445. The van der Waals surface area contributed by atoms with Crippen molar-refractivity contribution in [3.63, 3.8) is 0 Å². The summed E-state index contributed by atoms with van der Waals surface area (Å²) in [6, 6.07) is 0. The minimum atomic E-state index is -4.01. The molecule has 14 heteroatoms. The van der Waals surface area contributed by atoms with Crippen molar-refractivity contribution in [1.82, 2.24) is 0 Å². The Bertz CT molecular complexity index is 43.9. The van der Waals surface area contributed by atoms with Gasteiger partial charge in [0.25, 0.3) is 63.2 Å². The van der Waals surface area contributed by atoms with E-state index in [9.17, 15) is 0 Å². The Labute approximate surface area is 117 Å². The SMILES string of the molecule is O.[O-][I+2]([O-])[O-].[O-][I+2]([O-])[O-].[O-][I+2]([O-])[O-].[Ru+3]. The molecule has 0 rings (SSSR count). The third-order valence-corrected chi connectivity index (χ3v) is 0. The molecule has 0 aliphatic rings. The summed E-state index contributed by atoms with van der Waals surface area (Å²) in [4.78, 5) is 0. The first-order valence-corrected chi connectivity index (χ1v) is 9.32. The zero-order valence-corrected chi connectivity index (χ0v) is 13.9. The van der Waals surface area contributed by atoms with Crippen LogP contribution in [0.3, 0.4) is 0 Å². The van der Waals surface area contributed by atoms with Crippen LogP contribution in [-0.2, 0) is 19.5 Å². The Morgan fingerprint density at radius 3 is 0.429 bits per heavy atom. The Morgan fingerprint density at radius 1 is 0.429 bits per heavy atom. The fraction of sp³-hybridized carbons (Fsp3) is 0. The maximum absolute atomic E-state index is 8.57. The third-order valence-electron chi connectivity index (χ3n) is 0. The first kappa shape index (κ1) is 29.9. The molecule has 0 aromatic carbocycles. The molecule has 0 saturated carbocycles. The molecule has 0 bridgehead atoms. The van der Waals surface area contributed by atoms with Gasteiger partial charge in [0.1, 0.15) is 0 Å². The van der Waals surface area contributed by atoms with Crippen LogP contribution < -0.4 is 94.1 Å². The Morgan fingerprint density at radius 2 is 0.429 bits per heavy atom. The maximum atomic E-state index is 8.57. The van der Waals surface area contributed by atoms with Gasteiger partial charge >= 0.3 is 19.5 Å². The van der Waals surface area contributed by atoms with Crippen molar-refractivity contribution in [2.45, 2.75) is 0 Å². The topological polar surface area (TPSA) is 239 Å². The largest absolute Gasteiger partial charge is 3.00 e. The van der Waals surface area contributed by atoms with E-state index in [0.29, 0.717) is 0 Å². The molecule has 14 heavy (non-hydrogen) atoms. The van der Waals surface area contributed by atoms with Crippen LogP contribution in [0.15, 0.2) is 0 Å². The standard InChI is InChI=1S/3IO3.H2O.Ru/c3*2-1(3)4;;/h;;;1H2;/q3*-1;;+3. The van der Waals surface area contributed by atoms with E-state index in [1.165, 1.54) is 0 Å². The number of hydrogen-bond donors (Lipinski definition) is 0. The van der Waals surface area contributed by atoms with Gasteiger partial charge < -0.3 is 36.4 Å². The van der Waals surface area contributed by atoms with E-state index in [1.54, 1.807) is 0 Å². The average Bonchev–Trinajstić information content (AvgIpc) is 1.54. The van der Waals surface area contributed by atoms with Crippen LogP contribution in [0.2, 0.25) is 0 Å². The zero-order chi connectivity index (χ0) is 10.7. The van der Waals surface area contributed by atoms with Gasteiger partial charge in [0, 0.05) is 0 Å². The van der Waals surface area contributed by atoms with Crippen LogP contribution in [0.25, 0.3) is 0 Å². The van der Waals surface area contributed by atoms with E-state index in [2.05, 4.69) is 0 Å². The molecule has 2 N–H and O–H groups in total. The van der Waals surface area contributed by atoms with Crippen molar-refractivity contribution in [3.8, 4) is 0 Å². The summed E-state index contributed by atoms with van der Waals surface area (Å²) in [5, 5.41) is 0. The second-order valence-electron chi connectivity index (χ2n) is 0.567. The van der Waals surface area contributed by atoms with Crippen LogP contribution >= 0.6 is 0 Å². The van der Waals surface area contributed by atoms with Gasteiger partial charge in [-0.25, -0.2) is 0 Å². The molecule has 0 saturated heterocycles. The zero-order valence-electron chi connectivity index (χ0n) is 5.66. The summed E-state index contributed by atoms with van der Waals surface area (Å²) in [6.07, 6.45) is 0. The summed E-state index contributed by atoms with van der Waals surface area (Å²) < 4.78 is 77.2. The van der Waals surface area contributed by atoms with E-state index >= 15 is 0 Å². The average molecular weight is 644 g/mol. The van der Waals surface area contributed by atoms with E-state index < -0.39 is 63.2 Å². The normalized spacial score (nSPS) is 7.71. The number of hydrogen-bond acceptors (Lipinski definition) is 9. The summed E-state index contributed by atoms with van der Waals surface area (Å²) in [5.74, 6) is 0. The molecule has 0 aliphatic heterocycles. The van der Waals surface area contributed by atoms with Gasteiger partial charge in [-0.1, -0.05) is 0 Å². The molecule has 0 heterocycles. The molecule has 91 valence electrons. The minimum Gasteiger partial charge on any atom is -0.427 e. The molecule has 0 unspecified atom stereocenters. The quantitative estimate of drug-likeness (QED) is 0.180. The predicted octanol–water partition coefficient (Wildman–Crippen LogP) is -20.5. The summed E-state index contributed by atoms with van der Waals surface area (Å²) in [5.41, 5.74) is 0. The van der Waals surface area contributed by atoms with E-state index in [1.807, 2.05) is 0 Å². The van der Waals surface area contributed by atoms with Crippen molar-refractivity contribution in [1.29, 1.82) is 0 Å². The summed E-state index contributed by atoms with van der Waals surface area (Å²) >= 11 is -12.0. The fourth-order valence-corrected chi connectivity index (χ4v) is 0. The van der Waals surface area contributed by atoms with Crippen LogP contribution in [-0.4, -0.2) is 5.48 Å². The summed E-state index contributed by atoms with van der Waals surface area (Å²) in [6.45, 7) is 0. The van der Waals surface area contributed by atoms with E-state index in [4.69, 9.17) is 30.9 Å².